The van der Waals surface area contributed by atoms with E-state index in [-0.39, 0.29) is 17.1 Å². The normalized spacial score (nSPS) is 17.5. The van der Waals surface area contributed by atoms with Crippen LogP contribution in [0.5, 0.6) is 0 Å². The summed E-state index contributed by atoms with van der Waals surface area (Å²) in [5, 5.41) is 3.07. The van der Waals surface area contributed by atoms with Gasteiger partial charge in [0.25, 0.3) is 0 Å². The van der Waals surface area contributed by atoms with Gasteiger partial charge in [-0.2, -0.15) is 0 Å². The Bertz CT molecular complexity index is 478. The third-order valence-corrected chi connectivity index (χ3v) is 4.48. The van der Waals surface area contributed by atoms with Gasteiger partial charge in [-0.25, -0.2) is 4.39 Å². The Hall–Kier alpha value is -1.42. The molecule has 0 aliphatic carbocycles. The molecule has 0 atom stereocenters. The smallest absolute Gasteiger partial charge is 0.220 e. The van der Waals surface area contributed by atoms with Crippen LogP contribution in [0.25, 0.3) is 0 Å². The standard InChI is InChI=1S/C18H26FNO2/c1-14(2)3-8-17(21)20-13-18(9-11-22-12-10-18)15-4-6-16(19)7-5-15/h4-7,14H,3,8-13H2,1-2H3,(H,20,21). The highest BCUT2D eigenvalue weighted by Crippen LogP contribution is 2.34. The van der Waals surface area contributed by atoms with Gasteiger partial charge in [0.05, 0.1) is 0 Å². The molecule has 1 aromatic carbocycles. The molecule has 0 spiro atoms. The Morgan fingerprint density at radius 3 is 2.50 bits per heavy atom. The topological polar surface area (TPSA) is 38.3 Å². The SMILES string of the molecule is CC(C)CCC(=O)NCC1(c2ccc(F)cc2)CCOCC1. The number of amides is 1. The van der Waals surface area contributed by atoms with E-state index in [4.69, 9.17) is 4.74 Å². The Balaban J connectivity index is 2.03. The van der Waals surface area contributed by atoms with Crippen LogP contribution < -0.4 is 5.32 Å². The number of benzene rings is 1. The van der Waals surface area contributed by atoms with Crippen molar-refractivity contribution in [2.45, 2.75) is 44.9 Å². The fourth-order valence-electron chi connectivity index (χ4n) is 2.91. The molecule has 1 fully saturated rings. The third kappa shape index (κ3) is 4.54. The zero-order valence-electron chi connectivity index (χ0n) is 13.5. The number of nitrogens with one attached hydrogen (secondary N) is 1. The molecule has 4 heteroatoms. The molecule has 122 valence electrons. The molecule has 1 amide bonds. The van der Waals surface area contributed by atoms with Gasteiger partial charge in [-0.05, 0) is 42.9 Å². The molecular weight excluding hydrogens is 281 g/mol. The van der Waals surface area contributed by atoms with Gasteiger partial charge in [0.2, 0.25) is 5.91 Å². The fourth-order valence-corrected chi connectivity index (χ4v) is 2.91. The van der Waals surface area contributed by atoms with Crippen LogP contribution in [-0.2, 0) is 14.9 Å². The molecule has 0 bridgehead atoms. The summed E-state index contributed by atoms with van der Waals surface area (Å²) in [6, 6.07) is 6.65. The summed E-state index contributed by atoms with van der Waals surface area (Å²) in [7, 11) is 0. The van der Waals surface area contributed by atoms with Gasteiger partial charge in [0.15, 0.2) is 0 Å². The molecule has 1 saturated heterocycles. The quantitative estimate of drug-likeness (QED) is 0.874. The Labute approximate surface area is 132 Å². The number of hydrogen-bond acceptors (Lipinski definition) is 2. The lowest BCUT2D eigenvalue weighted by Gasteiger charge is -2.38. The average molecular weight is 307 g/mol. The Kier molecular flexibility index (Phi) is 5.95. The number of ether oxygens (including phenoxy) is 1. The highest BCUT2D eigenvalue weighted by molar-refractivity contribution is 5.76. The van der Waals surface area contributed by atoms with Crippen LogP contribution >= 0.6 is 0 Å². The maximum atomic E-state index is 13.2. The van der Waals surface area contributed by atoms with Crippen LogP contribution in [-0.4, -0.2) is 25.7 Å². The number of hydrogen-bond donors (Lipinski definition) is 1. The van der Waals surface area contributed by atoms with Crippen LogP contribution in [0.3, 0.4) is 0 Å². The van der Waals surface area contributed by atoms with Crippen molar-refractivity contribution in [1.29, 1.82) is 0 Å². The molecule has 1 aliphatic heterocycles. The van der Waals surface area contributed by atoms with Crippen molar-refractivity contribution in [3.8, 4) is 0 Å². The lowest BCUT2D eigenvalue weighted by Crippen LogP contribution is -2.44. The molecule has 0 radical (unpaired) electrons. The maximum absolute atomic E-state index is 13.2. The summed E-state index contributed by atoms with van der Waals surface area (Å²) >= 11 is 0. The lowest BCUT2D eigenvalue weighted by atomic mass is 9.74. The summed E-state index contributed by atoms with van der Waals surface area (Å²) in [4.78, 5) is 12.0. The lowest BCUT2D eigenvalue weighted by molar-refractivity contribution is -0.121. The first-order valence-electron chi connectivity index (χ1n) is 8.12. The van der Waals surface area contributed by atoms with E-state index in [9.17, 15) is 9.18 Å². The van der Waals surface area contributed by atoms with E-state index in [1.54, 1.807) is 0 Å². The molecule has 3 nitrogen and oxygen atoms in total. The number of rotatable bonds is 6. The van der Waals surface area contributed by atoms with Gasteiger partial charge in [-0.1, -0.05) is 26.0 Å². The molecule has 1 heterocycles. The summed E-state index contributed by atoms with van der Waals surface area (Å²) in [5.41, 5.74) is 0.945. The summed E-state index contributed by atoms with van der Waals surface area (Å²) in [6.07, 6.45) is 3.17. The van der Waals surface area contributed by atoms with Crippen molar-refractivity contribution < 1.29 is 13.9 Å². The molecule has 22 heavy (non-hydrogen) atoms. The first-order valence-corrected chi connectivity index (χ1v) is 8.12. The maximum Gasteiger partial charge on any atom is 0.220 e. The fraction of sp³-hybridized carbons (Fsp3) is 0.611. The molecule has 1 aromatic rings. The van der Waals surface area contributed by atoms with E-state index in [1.165, 1.54) is 12.1 Å². The second kappa shape index (κ2) is 7.73. The minimum absolute atomic E-state index is 0.0988. The molecule has 1 N–H and O–H groups in total. The van der Waals surface area contributed by atoms with E-state index >= 15 is 0 Å². The molecule has 0 aromatic heterocycles. The molecule has 0 saturated carbocycles. The van der Waals surface area contributed by atoms with E-state index in [1.807, 2.05) is 12.1 Å². The van der Waals surface area contributed by atoms with Crippen molar-refractivity contribution in [3.63, 3.8) is 0 Å². The molecule has 2 rings (SSSR count). The predicted molar refractivity (Wildman–Crippen MR) is 85.2 cm³/mol. The van der Waals surface area contributed by atoms with Crippen LogP contribution in [0.1, 0.15) is 45.1 Å². The summed E-state index contributed by atoms with van der Waals surface area (Å²) in [6.45, 7) is 6.19. The van der Waals surface area contributed by atoms with Crippen LogP contribution in [0.4, 0.5) is 4.39 Å². The van der Waals surface area contributed by atoms with Gasteiger partial charge in [0, 0.05) is 31.6 Å². The third-order valence-electron chi connectivity index (χ3n) is 4.48. The van der Waals surface area contributed by atoms with Gasteiger partial charge in [-0.3, -0.25) is 4.79 Å². The van der Waals surface area contributed by atoms with Crippen molar-refractivity contribution in [2.24, 2.45) is 5.92 Å². The highest BCUT2D eigenvalue weighted by atomic mass is 19.1. The van der Waals surface area contributed by atoms with Gasteiger partial charge < -0.3 is 10.1 Å². The highest BCUT2D eigenvalue weighted by Gasteiger charge is 2.34. The monoisotopic (exact) mass is 307 g/mol. The van der Waals surface area contributed by atoms with Crippen molar-refractivity contribution in [1.82, 2.24) is 5.32 Å². The molecular formula is C18H26FNO2. The minimum Gasteiger partial charge on any atom is -0.381 e. The second-order valence-corrected chi connectivity index (χ2v) is 6.61. The van der Waals surface area contributed by atoms with Gasteiger partial charge in [-0.15, -0.1) is 0 Å². The second-order valence-electron chi connectivity index (χ2n) is 6.61. The van der Waals surface area contributed by atoms with Crippen LogP contribution in [0.2, 0.25) is 0 Å². The summed E-state index contributed by atoms with van der Waals surface area (Å²) < 4.78 is 18.6. The van der Waals surface area contributed by atoms with Crippen molar-refractivity contribution in [3.05, 3.63) is 35.6 Å². The predicted octanol–water partition coefficient (Wildman–Crippen LogP) is 3.43. The van der Waals surface area contributed by atoms with Gasteiger partial charge >= 0.3 is 0 Å². The zero-order valence-corrected chi connectivity index (χ0v) is 13.5. The zero-order chi connectivity index (χ0) is 16.0. The van der Waals surface area contributed by atoms with E-state index in [0.717, 1.165) is 24.8 Å². The molecule has 1 aliphatic rings. The largest absolute Gasteiger partial charge is 0.381 e. The van der Waals surface area contributed by atoms with E-state index in [2.05, 4.69) is 19.2 Å². The van der Waals surface area contributed by atoms with Crippen molar-refractivity contribution >= 4 is 5.91 Å². The Morgan fingerprint density at radius 2 is 1.91 bits per heavy atom. The summed E-state index contributed by atoms with van der Waals surface area (Å²) in [5.74, 6) is 0.397. The first-order chi connectivity index (χ1) is 10.5. The molecule has 0 unspecified atom stereocenters. The number of carbonyl (C=O) groups excluding carboxylic acids is 1. The average Bonchev–Trinajstić information content (AvgIpc) is 2.52. The van der Waals surface area contributed by atoms with E-state index < -0.39 is 0 Å². The van der Waals surface area contributed by atoms with Crippen molar-refractivity contribution in [2.75, 3.05) is 19.8 Å². The number of halogens is 1. The Morgan fingerprint density at radius 1 is 1.27 bits per heavy atom. The number of carbonyl (C=O) groups is 1. The van der Waals surface area contributed by atoms with Gasteiger partial charge in [0.1, 0.15) is 5.82 Å². The van der Waals surface area contributed by atoms with E-state index in [0.29, 0.717) is 32.1 Å². The van der Waals surface area contributed by atoms with Crippen LogP contribution in [0, 0.1) is 11.7 Å². The first kappa shape index (κ1) is 16.9. The van der Waals surface area contributed by atoms with Crippen LogP contribution in [0.15, 0.2) is 24.3 Å². The minimum atomic E-state index is -0.230.